The molecule has 0 saturated heterocycles. The van der Waals surface area contributed by atoms with E-state index in [2.05, 4.69) is 80.9 Å². The molecule has 0 aliphatic heterocycles. The van der Waals surface area contributed by atoms with Crippen LogP contribution in [0.1, 0.15) is 82.3 Å². The van der Waals surface area contributed by atoms with Crippen LogP contribution in [0.15, 0.2) is 66.0 Å². The average Bonchev–Trinajstić information content (AvgIpc) is 2.82. The van der Waals surface area contributed by atoms with Gasteiger partial charge in [-0.3, -0.25) is 0 Å². The van der Waals surface area contributed by atoms with Crippen molar-refractivity contribution in [3.8, 4) is 0 Å². The summed E-state index contributed by atoms with van der Waals surface area (Å²) in [5.41, 5.74) is 6.18. The maximum atomic E-state index is 2.80. The van der Waals surface area contributed by atoms with Gasteiger partial charge in [-0.2, -0.15) is 0 Å². The molecule has 1 heteroatoms. The predicted molar refractivity (Wildman–Crippen MR) is 137 cm³/mol. The first-order chi connectivity index (χ1) is 14.5. The van der Waals surface area contributed by atoms with E-state index >= 15 is 0 Å². The molecule has 0 atom stereocenters. The Morgan fingerprint density at radius 1 is 0.600 bits per heavy atom. The Kier molecular flexibility index (Phi) is 6.55. The van der Waals surface area contributed by atoms with Crippen LogP contribution in [0.5, 0.6) is 0 Å². The number of benzene rings is 2. The fourth-order valence-corrected chi connectivity index (χ4v) is 13.3. The molecule has 0 unspecified atom stereocenters. The quantitative estimate of drug-likeness (QED) is 0.423. The number of hydrogen-bond donors (Lipinski definition) is 0. The Hall–Kier alpha value is -1.39. The zero-order chi connectivity index (χ0) is 21.1. The van der Waals surface area contributed by atoms with Gasteiger partial charge < -0.3 is 0 Å². The SMILES string of the molecule is CC(=C(c1ccccc1)c1ccccc1)P(C)(C)(C1CCCCC1)C1CCCCC1. The van der Waals surface area contributed by atoms with Crippen LogP contribution < -0.4 is 0 Å². The Bertz CT molecular complexity index is 786. The second-order valence-corrected chi connectivity index (χ2v) is 17.4. The summed E-state index contributed by atoms with van der Waals surface area (Å²) in [7, 11) is 0. The van der Waals surface area contributed by atoms with E-state index in [0.29, 0.717) is 0 Å². The monoisotopic (exact) mass is 420 g/mol. The molecule has 0 spiro atoms. The average molecular weight is 421 g/mol. The van der Waals surface area contributed by atoms with Crippen molar-refractivity contribution >= 4 is 12.2 Å². The minimum absolute atomic E-state index is 0.912. The molecule has 2 aromatic rings. The molecular weight excluding hydrogens is 379 g/mol. The van der Waals surface area contributed by atoms with Gasteiger partial charge in [0, 0.05) is 0 Å². The molecule has 0 bridgehead atoms. The summed E-state index contributed by atoms with van der Waals surface area (Å²) in [4.78, 5) is 0. The van der Waals surface area contributed by atoms with Crippen LogP contribution in [-0.4, -0.2) is 24.6 Å². The first-order valence-electron chi connectivity index (χ1n) is 12.3. The summed E-state index contributed by atoms with van der Waals surface area (Å²) < 4.78 is 0. The molecule has 2 fully saturated rings. The molecule has 0 aromatic heterocycles. The van der Waals surface area contributed by atoms with Crippen LogP contribution in [0.25, 0.3) is 5.57 Å². The number of rotatable bonds is 5. The minimum atomic E-state index is -2.11. The van der Waals surface area contributed by atoms with Crippen molar-refractivity contribution in [3.05, 3.63) is 77.1 Å². The molecule has 2 aromatic carbocycles. The van der Waals surface area contributed by atoms with Crippen LogP contribution >= 0.6 is 6.60 Å². The van der Waals surface area contributed by atoms with Crippen LogP contribution in [0.4, 0.5) is 0 Å². The first-order valence-corrected chi connectivity index (χ1v) is 15.6. The van der Waals surface area contributed by atoms with Crippen LogP contribution in [0, 0.1) is 0 Å². The fraction of sp³-hybridized carbons (Fsp3) is 0.517. The van der Waals surface area contributed by atoms with Crippen LogP contribution in [-0.2, 0) is 0 Å². The molecule has 2 aliphatic rings. The Balaban J connectivity index is 1.95. The maximum absolute atomic E-state index is 2.80. The van der Waals surface area contributed by atoms with E-state index < -0.39 is 6.60 Å². The molecule has 0 amide bonds. The van der Waals surface area contributed by atoms with Gasteiger partial charge >= 0.3 is 185 Å². The van der Waals surface area contributed by atoms with E-state index in [9.17, 15) is 0 Å². The summed E-state index contributed by atoms with van der Waals surface area (Å²) >= 11 is 0. The topological polar surface area (TPSA) is 0 Å². The van der Waals surface area contributed by atoms with Gasteiger partial charge in [-0.05, 0) is 0 Å². The summed E-state index contributed by atoms with van der Waals surface area (Å²) in [6.45, 7) is 6.05. The van der Waals surface area contributed by atoms with Crippen LogP contribution in [0.2, 0.25) is 0 Å². The molecule has 2 saturated carbocycles. The van der Waals surface area contributed by atoms with E-state index in [1.54, 1.807) is 5.31 Å². The van der Waals surface area contributed by atoms with Crippen molar-refractivity contribution in [2.75, 3.05) is 13.3 Å². The summed E-state index contributed by atoms with van der Waals surface area (Å²) in [5, 5.41) is 1.76. The molecule has 0 radical (unpaired) electrons. The molecule has 4 rings (SSSR count). The van der Waals surface area contributed by atoms with Crippen molar-refractivity contribution in [2.45, 2.75) is 82.4 Å². The molecule has 0 heterocycles. The zero-order valence-electron chi connectivity index (χ0n) is 19.4. The van der Waals surface area contributed by atoms with Gasteiger partial charge in [0.1, 0.15) is 0 Å². The Morgan fingerprint density at radius 3 is 1.33 bits per heavy atom. The van der Waals surface area contributed by atoms with Crippen molar-refractivity contribution in [2.24, 2.45) is 0 Å². The summed E-state index contributed by atoms with van der Waals surface area (Å²) in [5.74, 6) is 0. The van der Waals surface area contributed by atoms with Gasteiger partial charge in [0.15, 0.2) is 0 Å². The Morgan fingerprint density at radius 2 is 0.967 bits per heavy atom. The van der Waals surface area contributed by atoms with Crippen molar-refractivity contribution < 1.29 is 0 Å². The summed E-state index contributed by atoms with van der Waals surface area (Å²) in [6, 6.07) is 22.5. The molecule has 0 N–H and O–H groups in total. The third kappa shape index (κ3) is 3.93. The van der Waals surface area contributed by atoms with Crippen molar-refractivity contribution in [1.29, 1.82) is 0 Å². The molecular formula is C29H41P. The third-order valence-corrected chi connectivity index (χ3v) is 16.8. The zero-order valence-corrected chi connectivity index (χ0v) is 20.3. The molecule has 30 heavy (non-hydrogen) atoms. The van der Waals surface area contributed by atoms with E-state index in [0.717, 1.165) is 11.3 Å². The first kappa shape index (κ1) is 21.8. The normalized spacial score (nSPS) is 20.3. The standard InChI is InChI=1S/C29H41P/c1-24(29(25-16-8-4-9-17-25)26-18-10-5-11-19-26)30(2,3,27-20-12-6-13-21-27)28-22-14-7-15-23-28/h4-5,8-11,16-19,27-28H,6-7,12-15,20-23H2,1-3H3. The summed E-state index contributed by atoms with van der Waals surface area (Å²) in [6.07, 6.45) is 14.5. The van der Waals surface area contributed by atoms with Gasteiger partial charge in [-0.15, -0.1) is 0 Å². The van der Waals surface area contributed by atoms with E-state index in [1.807, 2.05) is 0 Å². The second kappa shape index (κ2) is 9.00. The van der Waals surface area contributed by atoms with Crippen molar-refractivity contribution in [3.63, 3.8) is 0 Å². The van der Waals surface area contributed by atoms with Gasteiger partial charge in [0.25, 0.3) is 0 Å². The van der Waals surface area contributed by atoms with Gasteiger partial charge in [0.05, 0.1) is 0 Å². The van der Waals surface area contributed by atoms with E-state index in [-0.39, 0.29) is 0 Å². The van der Waals surface area contributed by atoms with Gasteiger partial charge in [-0.1, -0.05) is 0 Å². The number of allylic oxidation sites excluding steroid dienone is 1. The molecule has 2 aliphatic carbocycles. The predicted octanol–water partition coefficient (Wildman–Crippen LogP) is 8.94. The van der Waals surface area contributed by atoms with Crippen molar-refractivity contribution in [1.82, 2.24) is 0 Å². The third-order valence-electron chi connectivity index (χ3n) is 8.94. The van der Waals surface area contributed by atoms with Crippen LogP contribution in [0.3, 0.4) is 0 Å². The second-order valence-electron chi connectivity index (χ2n) is 10.6. The van der Waals surface area contributed by atoms with Gasteiger partial charge in [0.2, 0.25) is 0 Å². The number of hydrogen-bond acceptors (Lipinski definition) is 0. The molecule has 162 valence electrons. The fourth-order valence-electron chi connectivity index (χ4n) is 6.74. The van der Waals surface area contributed by atoms with Gasteiger partial charge in [-0.25, -0.2) is 0 Å². The van der Waals surface area contributed by atoms with E-state index in [4.69, 9.17) is 0 Å². The van der Waals surface area contributed by atoms with E-state index in [1.165, 1.54) is 80.9 Å². The molecule has 0 nitrogen and oxygen atoms in total. The Labute approximate surface area is 185 Å².